The Morgan fingerprint density at radius 2 is 2.16 bits per heavy atom. The van der Waals surface area contributed by atoms with Crippen LogP contribution in [0.25, 0.3) is 0 Å². The van der Waals surface area contributed by atoms with Gasteiger partial charge in [-0.2, -0.15) is 5.10 Å². The molecule has 134 valence electrons. The summed E-state index contributed by atoms with van der Waals surface area (Å²) in [6.45, 7) is 2.38. The quantitative estimate of drug-likeness (QED) is 0.849. The summed E-state index contributed by atoms with van der Waals surface area (Å²) in [6, 6.07) is 3.46. The predicted octanol–water partition coefficient (Wildman–Crippen LogP) is 1.89. The summed E-state index contributed by atoms with van der Waals surface area (Å²) in [5.41, 5.74) is 1.90. The van der Waals surface area contributed by atoms with Crippen molar-refractivity contribution in [3.05, 3.63) is 41.6 Å². The van der Waals surface area contributed by atoms with Crippen LogP contribution in [-0.2, 0) is 23.2 Å². The first kappa shape index (κ1) is 17.3. The van der Waals surface area contributed by atoms with E-state index in [2.05, 4.69) is 5.10 Å². The third kappa shape index (κ3) is 3.18. The van der Waals surface area contributed by atoms with E-state index < -0.39 is 0 Å². The van der Waals surface area contributed by atoms with Gasteiger partial charge in [-0.05, 0) is 31.0 Å². The van der Waals surface area contributed by atoms with Crippen LogP contribution in [0.2, 0.25) is 0 Å². The van der Waals surface area contributed by atoms with E-state index in [0.717, 1.165) is 17.0 Å². The van der Waals surface area contributed by atoms with Crippen molar-refractivity contribution in [2.45, 2.75) is 32.4 Å². The van der Waals surface area contributed by atoms with Gasteiger partial charge in [-0.1, -0.05) is 0 Å². The smallest absolute Gasteiger partial charge is 0.228 e. The van der Waals surface area contributed by atoms with E-state index in [9.17, 15) is 9.59 Å². The van der Waals surface area contributed by atoms with Crippen molar-refractivity contribution < 1.29 is 14.0 Å². The molecule has 7 nitrogen and oxygen atoms in total. The number of carbonyl (C=O) groups excluding carboxylic acids is 2. The van der Waals surface area contributed by atoms with Crippen molar-refractivity contribution in [2.24, 2.45) is 13.0 Å². The van der Waals surface area contributed by atoms with Gasteiger partial charge in [0.1, 0.15) is 5.76 Å². The number of aromatic nitrogens is 2. The number of piperidine rings is 1. The Morgan fingerprint density at radius 1 is 1.40 bits per heavy atom. The van der Waals surface area contributed by atoms with E-state index in [-0.39, 0.29) is 23.8 Å². The summed E-state index contributed by atoms with van der Waals surface area (Å²) in [4.78, 5) is 28.7. The molecule has 1 fully saturated rings. The van der Waals surface area contributed by atoms with E-state index in [4.69, 9.17) is 4.42 Å². The van der Waals surface area contributed by atoms with Gasteiger partial charge in [0.2, 0.25) is 11.8 Å². The van der Waals surface area contributed by atoms with Crippen LogP contribution in [0.1, 0.15) is 35.9 Å². The minimum atomic E-state index is -0.304. The summed E-state index contributed by atoms with van der Waals surface area (Å²) in [5, 5.41) is 4.20. The molecule has 2 atom stereocenters. The lowest BCUT2D eigenvalue weighted by Gasteiger charge is -2.39. The molecule has 0 N–H and O–H groups in total. The van der Waals surface area contributed by atoms with Gasteiger partial charge in [0.05, 0.1) is 30.5 Å². The van der Waals surface area contributed by atoms with E-state index in [1.807, 2.05) is 26.1 Å². The second-order valence-electron chi connectivity index (χ2n) is 6.70. The van der Waals surface area contributed by atoms with Gasteiger partial charge in [-0.25, -0.2) is 0 Å². The van der Waals surface area contributed by atoms with Crippen molar-refractivity contribution in [3.63, 3.8) is 0 Å². The lowest BCUT2D eigenvalue weighted by atomic mass is 9.85. The average molecular weight is 344 g/mol. The SMILES string of the molecule is Cc1ccoc1CN(C)C(=O)[C@H]1CCC(=O)N(C)[C@@H]1c1ccnn1C. The van der Waals surface area contributed by atoms with Gasteiger partial charge in [0, 0.05) is 33.8 Å². The number of hydrogen-bond acceptors (Lipinski definition) is 4. The van der Waals surface area contributed by atoms with Crippen molar-refractivity contribution in [2.75, 3.05) is 14.1 Å². The minimum absolute atomic E-state index is 0.0151. The van der Waals surface area contributed by atoms with Crippen molar-refractivity contribution in [1.29, 1.82) is 0 Å². The normalized spacial score (nSPS) is 20.8. The van der Waals surface area contributed by atoms with E-state index in [0.29, 0.717) is 19.4 Å². The van der Waals surface area contributed by atoms with Crippen LogP contribution in [-0.4, -0.2) is 45.5 Å². The molecule has 1 aliphatic heterocycles. The molecule has 7 heteroatoms. The molecule has 0 radical (unpaired) electrons. The fourth-order valence-electron chi connectivity index (χ4n) is 3.52. The largest absolute Gasteiger partial charge is 0.467 e. The average Bonchev–Trinajstić information content (AvgIpc) is 3.18. The molecule has 0 aliphatic carbocycles. The number of hydrogen-bond donors (Lipinski definition) is 0. The molecule has 0 aromatic carbocycles. The topological polar surface area (TPSA) is 71.6 Å². The number of carbonyl (C=O) groups is 2. The Balaban J connectivity index is 1.85. The van der Waals surface area contributed by atoms with Gasteiger partial charge in [0.15, 0.2) is 0 Å². The standard InChI is InChI=1S/C18H24N4O3/c1-12-8-10-25-15(12)11-20(2)18(24)13-5-6-16(23)21(3)17(13)14-7-9-19-22(14)4/h7-10,13,17H,5-6,11H2,1-4H3/t13-,17-/m0/s1. The van der Waals surface area contributed by atoms with Crippen LogP contribution in [0.4, 0.5) is 0 Å². The van der Waals surface area contributed by atoms with Crippen LogP contribution < -0.4 is 0 Å². The summed E-state index contributed by atoms with van der Waals surface area (Å²) < 4.78 is 7.19. The highest BCUT2D eigenvalue weighted by atomic mass is 16.3. The highest BCUT2D eigenvalue weighted by Crippen LogP contribution is 2.36. The number of rotatable bonds is 4. The lowest BCUT2D eigenvalue weighted by molar-refractivity contribution is -0.146. The van der Waals surface area contributed by atoms with Gasteiger partial charge in [-0.3, -0.25) is 14.3 Å². The van der Waals surface area contributed by atoms with Crippen molar-refractivity contribution in [3.8, 4) is 0 Å². The van der Waals surface area contributed by atoms with Crippen LogP contribution in [0.3, 0.4) is 0 Å². The van der Waals surface area contributed by atoms with Crippen LogP contribution in [0, 0.1) is 12.8 Å². The number of aryl methyl sites for hydroxylation is 2. The number of likely N-dealkylation sites (tertiary alicyclic amines) is 1. The van der Waals surface area contributed by atoms with Gasteiger partial charge in [0.25, 0.3) is 0 Å². The fourth-order valence-corrected chi connectivity index (χ4v) is 3.52. The highest BCUT2D eigenvalue weighted by Gasteiger charge is 2.41. The molecule has 3 rings (SSSR count). The maximum Gasteiger partial charge on any atom is 0.228 e. The molecule has 2 aromatic rings. The molecule has 1 saturated heterocycles. The zero-order valence-electron chi connectivity index (χ0n) is 15.1. The van der Waals surface area contributed by atoms with E-state index in [1.165, 1.54) is 0 Å². The molecule has 2 amide bonds. The molecular weight excluding hydrogens is 320 g/mol. The molecule has 1 aliphatic rings. The van der Waals surface area contributed by atoms with Crippen molar-refractivity contribution >= 4 is 11.8 Å². The van der Waals surface area contributed by atoms with Crippen LogP contribution >= 0.6 is 0 Å². The molecule has 0 bridgehead atoms. The highest BCUT2D eigenvalue weighted by molar-refractivity contribution is 5.84. The predicted molar refractivity (Wildman–Crippen MR) is 91.4 cm³/mol. The number of amides is 2. The Labute approximate surface area is 147 Å². The summed E-state index contributed by atoms with van der Waals surface area (Å²) in [6.07, 6.45) is 4.25. The van der Waals surface area contributed by atoms with E-state index in [1.54, 1.807) is 41.0 Å². The number of furan rings is 1. The summed E-state index contributed by atoms with van der Waals surface area (Å²) in [5.74, 6) is 0.563. The first-order chi connectivity index (χ1) is 11.9. The molecule has 2 aromatic heterocycles. The molecular formula is C18H24N4O3. The van der Waals surface area contributed by atoms with Crippen molar-refractivity contribution in [1.82, 2.24) is 19.6 Å². The monoisotopic (exact) mass is 344 g/mol. The molecule has 25 heavy (non-hydrogen) atoms. The minimum Gasteiger partial charge on any atom is -0.467 e. The second kappa shape index (κ2) is 6.74. The van der Waals surface area contributed by atoms with Gasteiger partial charge >= 0.3 is 0 Å². The third-order valence-corrected chi connectivity index (χ3v) is 5.07. The first-order valence-electron chi connectivity index (χ1n) is 8.41. The molecule has 0 spiro atoms. The van der Waals surface area contributed by atoms with Crippen LogP contribution in [0.15, 0.2) is 29.0 Å². The van der Waals surface area contributed by atoms with Gasteiger partial charge < -0.3 is 14.2 Å². The molecule has 0 saturated carbocycles. The Hall–Kier alpha value is -2.57. The zero-order chi connectivity index (χ0) is 18.1. The maximum absolute atomic E-state index is 13.1. The van der Waals surface area contributed by atoms with Gasteiger partial charge in [-0.15, -0.1) is 0 Å². The van der Waals surface area contributed by atoms with E-state index >= 15 is 0 Å². The Kier molecular flexibility index (Phi) is 4.65. The second-order valence-corrected chi connectivity index (χ2v) is 6.70. The Morgan fingerprint density at radius 3 is 2.76 bits per heavy atom. The fraction of sp³-hybridized carbons (Fsp3) is 0.500. The summed E-state index contributed by atoms with van der Waals surface area (Å²) >= 11 is 0. The molecule has 0 unspecified atom stereocenters. The number of nitrogens with zero attached hydrogens (tertiary/aromatic N) is 4. The molecule has 3 heterocycles. The maximum atomic E-state index is 13.1. The van der Waals surface area contributed by atoms with Crippen LogP contribution in [0.5, 0.6) is 0 Å². The Bertz CT molecular complexity index is 779. The first-order valence-corrected chi connectivity index (χ1v) is 8.41. The lowest BCUT2D eigenvalue weighted by Crippen LogP contribution is -2.47. The zero-order valence-corrected chi connectivity index (χ0v) is 15.1. The summed E-state index contributed by atoms with van der Waals surface area (Å²) in [7, 11) is 5.37. The third-order valence-electron chi connectivity index (χ3n) is 5.07.